The van der Waals surface area contributed by atoms with Gasteiger partial charge in [0.25, 0.3) is 0 Å². The number of hydrogen-bond acceptors (Lipinski definition) is 5. The van der Waals surface area contributed by atoms with Gasteiger partial charge in [-0.3, -0.25) is 4.79 Å². The van der Waals surface area contributed by atoms with Crippen molar-refractivity contribution >= 4 is 17.3 Å². The third-order valence-corrected chi connectivity index (χ3v) is 3.62. The van der Waals surface area contributed by atoms with Crippen molar-refractivity contribution in [3.63, 3.8) is 0 Å². The number of anilines is 2. The predicted octanol–water partition coefficient (Wildman–Crippen LogP) is 3.85. The van der Waals surface area contributed by atoms with Gasteiger partial charge in [-0.2, -0.15) is 0 Å². The summed E-state index contributed by atoms with van der Waals surface area (Å²) in [4.78, 5) is 12.3. The summed E-state index contributed by atoms with van der Waals surface area (Å²) in [7, 11) is 1.60. The maximum absolute atomic E-state index is 12.3. The SMILES string of the molecule is CCOc1ccc(NC(=O)CNc2cc(C)ccc2OC)cc1OCC. The summed E-state index contributed by atoms with van der Waals surface area (Å²) in [6.45, 7) is 6.99. The summed E-state index contributed by atoms with van der Waals surface area (Å²) >= 11 is 0. The highest BCUT2D eigenvalue weighted by Gasteiger charge is 2.10. The lowest BCUT2D eigenvalue weighted by Crippen LogP contribution is -2.22. The zero-order valence-electron chi connectivity index (χ0n) is 15.7. The maximum atomic E-state index is 12.3. The lowest BCUT2D eigenvalue weighted by molar-refractivity contribution is -0.114. The fraction of sp³-hybridized carbons (Fsp3) is 0.350. The van der Waals surface area contributed by atoms with E-state index in [1.807, 2.05) is 39.0 Å². The Labute approximate surface area is 154 Å². The van der Waals surface area contributed by atoms with Gasteiger partial charge >= 0.3 is 0 Å². The first-order valence-electron chi connectivity index (χ1n) is 8.65. The Hall–Kier alpha value is -2.89. The van der Waals surface area contributed by atoms with E-state index in [0.717, 1.165) is 11.3 Å². The van der Waals surface area contributed by atoms with Crippen LogP contribution < -0.4 is 24.8 Å². The van der Waals surface area contributed by atoms with Gasteiger partial charge in [0.2, 0.25) is 5.91 Å². The van der Waals surface area contributed by atoms with Gasteiger partial charge in [0, 0.05) is 11.8 Å². The highest BCUT2D eigenvalue weighted by Crippen LogP contribution is 2.30. The molecule has 0 unspecified atom stereocenters. The number of nitrogens with one attached hydrogen (secondary N) is 2. The minimum atomic E-state index is -0.167. The molecule has 140 valence electrons. The molecule has 26 heavy (non-hydrogen) atoms. The van der Waals surface area contributed by atoms with Crippen LogP contribution in [-0.4, -0.2) is 32.8 Å². The number of rotatable bonds is 9. The molecule has 0 aromatic heterocycles. The molecule has 0 spiro atoms. The average Bonchev–Trinajstić information content (AvgIpc) is 2.62. The van der Waals surface area contributed by atoms with E-state index in [1.54, 1.807) is 25.3 Å². The molecule has 0 aliphatic carbocycles. The molecule has 0 aliphatic heterocycles. The van der Waals surface area contributed by atoms with Crippen LogP contribution in [0.15, 0.2) is 36.4 Å². The van der Waals surface area contributed by atoms with Crippen molar-refractivity contribution < 1.29 is 19.0 Å². The number of aryl methyl sites for hydroxylation is 1. The van der Waals surface area contributed by atoms with Gasteiger partial charge < -0.3 is 24.8 Å². The van der Waals surface area contributed by atoms with Gasteiger partial charge in [-0.25, -0.2) is 0 Å². The Morgan fingerprint density at radius 1 is 0.962 bits per heavy atom. The molecule has 6 heteroatoms. The molecule has 6 nitrogen and oxygen atoms in total. The van der Waals surface area contributed by atoms with E-state index < -0.39 is 0 Å². The summed E-state index contributed by atoms with van der Waals surface area (Å²) < 4.78 is 16.4. The molecule has 1 amide bonds. The van der Waals surface area contributed by atoms with Crippen LogP contribution in [0.25, 0.3) is 0 Å². The van der Waals surface area contributed by atoms with Gasteiger partial charge in [0.1, 0.15) is 5.75 Å². The van der Waals surface area contributed by atoms with Crippen LogP contribution in [0, 0.1) is 6.92 Å². The molecule has 0 radical (unpaired) electrons. The molecule has 0 atom stereocenters. The van der Waals surface area contributed by atoms with E-state index in [4.69, 9.17) is 14.2 Å². The molecule has 0 fully saturated rings. The highest BCUT2D eigenvalue weighted by molar-refractivity contribution is 5.94. The second kappa shape index (κ2) is 9.56. The fourth-order valence-corrected chi connectivity index (χ4v) is 2.47. The second-order valence-electron chi connectivity index (χ2n) is 5.63. The first-order chi connectivity index (χ1) is 12.6. The van der Waals surface area contributed by atoms with Gasteiger partial charge in [0.05, 0.1) is 32.6 Å². The highest BCUT2D eigenvalue weighted by atomic mass is 16.5. The van der Waals surface area contributed by atoms with Crippen molar-refractivity contribution in [2.75, 3.05) is 37.5 Å². The normalized spacial score (nSPS) is 10.2. The van der Waals surface area contributed by atoms with Crippen LogP contribution in [0.1, 0.15) is 19.4 Å². The van der Waals surface area contributed by atoms with E-state index >= 15 is 0 Å². The topological polar surface area (TPSA) is 68.8 Å². The largest absolute Gasteiger partial charge is 0.495 e. The van der Waals surface area contributed by atoms with Crippen molar-refractivity contribution in [3.05, 3.63) is 42.0 Å². The molecular weight excluding hydrogens is 332 g/mol. The van der Waals surface area contributed by atoms with Crippen molar-refractivity contribution in [1.29, 1.82) is 0 Å². The molecule has 0 saturated heterocycles. The Morgan fingerprint density at radius 3 is 2.35 bits per heavy atom. The maximum Gasteiger partial charge on any atom is 0.243 e. The van der Waals surface area contributed by atoms with E-state index in [-0.39, 0.29) is 12.5 Å². The van der Waals surface area contributed by atoms with Crippen molar-refractivity contribution in [1.82, 2.24) is 0 Å². The molecule has 0 aliphatic rings. The Kier molecular flexibility index (Phi) is 7.14. The van der Waals surface area contributed by atoms with Crippen LogP contribution in [0.2, 0.25) is 0 Å². The van der Waals surface area contributed by atoms with Gasteiger partial charge in [-0.15, -0.1) is 0 Å². The van der Waals surface area contributed by atoms with E-state index in [9.17, 15) is 4.79 Å². The molecular formula is C20H26N2O4. The monoisotopic (exact) mass is 358 g/mol. The third-order valence-electron chi connectivity index (χ3n) is 3.62. The number of carbonyl (C=O) groups excluding carboxylic acids is 1. The van der Waals surface area contributed by atoms with Crippen LogP contribution in [0.5, 0.6) is 17.2 Å². The molecule has 2 aromatic rings. The molecule has 0 heterocycles. The van der Waals surface area contributed by atoms with Gasteiger partial charge in [-0.05, 0) is 50.6 Å². The molecule has 0 bridgehead atoms. The molecule has 0 saturated carbocycles. The Bertz CT molecular complexity index is 747. The number of carbonyl (C=O) groups is 1. The summed E-state index contributed by atoms with van der Waals surface area (Å²) in [6.07, 6.45) is 0. The smallest absolute Gasteiger partial charge is 0.243 e. The summed E-state index contributed by atoms with van der Waals surface area (Å²) in [5.41, 5.74) is 2.52. The lowest BCUT2D eigenvalue weighted by atomic mass is 10.2. The lowest BCUT2D eigenvalue weighted by Gasteiger charge is -2.14. The minimum Gasteiger partial charge on any atom is -0.495 e. The second-order valence-corrected chi connectivity index (χ2v) is 5.63. The predicted molar refractivity (Wildman–Crippen MR) is 104 cm³/mol. The van der Waals surface area contributed by atoms with Crippen LogP contribution >= 0.6 is 0 Å². The molecule has 2 N–H and O–H groups in total. The van der Waals surface area contributed by atoms with E-state index in [0.29, 0.717) is 36.1 Å². The standard InChI is InChI=1S/C20H26N2O4/c1-5-25-18-10-8-15(12-19(18)26-6-2)22-20(23)13-21-16-11-14(3)7-9-17(16)24-4/h7-12,21H,5-6,13H2,1-4H3,(H,22,23). The van der Waals surface area contributed by atoms with Crippen LogP contribution in [0.3, 0.4) is 0 Å². The zero-order valence-corrected chi connectivity index (χ0v) is 15.7. The van der Waals surface area contributed by atoms with Crippen molar-refractivity contribution in [2.24, 2.45) is 0 Å². The average molecular weight is 358 g/mol. The van der Waals surface area contributed by atoms with Gasteiger partial charge in [0.15, 0.2) is 11.5 Å². The minimum absolute atomic E-state index is 0.122. The van der Waals surface area contributed by atoms with Crippen molar-refractivity contribution in [3.8, 4) is 17.2 Å². The number of ether oxygens (including phenoxy) is 3. The Balaban J connectivity index is 2.01. The third kappa shape index (κ3) is 5.31. The van der Waals surface area contributed by atoms with Crippen molar-refractivity contribution in [2.45, 2.75) is 20.8 Å². The van der Waals surface area contributed by atoms with Gasteiger partial charge in [-0.1, -0.05) is 6.07 Å². The fourth-order valence-electron chi connectivity index (χ4n) is 2.47. The van der Waals surface area contributed by atoms with E-state index in [2.05, 4.69) is 10.6 Å². The van der Waals surface area contributed by atoms with Crippen LogP contribution in [0.4, 0.5) is 11.4 Å². The summed E-state index contributed by atoms with van der Waals surface area (Å²) in [6, 6.07) is 11.1. The number of amides is 1. The first-order valence-corrected chi connectivity index (χ1v) is 8.65. The number of benzene rings is 2. The molecule has 2 aromatic carbocycles. The number of hydrogen-bond donors (Lipinski definition) is 2. The quantitative estimate of drug-likeness (QED) is 0.712. The number of methoxy groups -OCH3 is 1. The first kappa shape index (κ1) is 19.4. The zero-order chi connectivity index (χ0) is 18.9. The molecule has 2 rings (SSSR count). The summed E-state index contributed by atoms with van der Waals surface area (Å²) in [5.74, 6) is 1.80. The summed E-state index contributed by atoms with van der Waals surface area (Å²) in [5, 5.41) is 5.96. The Morgan fingerprint density at radius 2 is 1.65 bits per heavy atom. The van der Waals surface area contributed by atoms with E-state index in [1.165, 1.54) is 0 Å². The van der Waals surface area contributed by atoms with Crippen LogP contribution in [-0.2, 0) is 4.79 Å².